The third-order valence-electron chi connectivity index (χ3n) is 2.66. The number of nitrogens with one attached hydrogen (secondary N) is 2. The van der Waals surface area contributed by atoms with Crippen molar-refractivity contribution >= 4 is 5.91 Å². The first kappa shape index (κ1) is 18.2. The first-order chi connectivity index (χ1) is 10.4. The minimum Gasteiger partial charge on any atom is -0.484 e. The van der Waals surface area contributed by atoms with Crippen LogP contribution in [-0.2, 0) is 15.7 Å². The van der Waals surface area contributed by atoms with Crippen LogP contribution in [0.1, 0.15) is 5.56 Å². The molecule has 0 aromatic heterocycles. The van der Waals surface area contributed by atoms with Gasteiger partial charge in [0.25, 0.3) is 5.91 Å². The Morgan fingerprint density at radius 3 is 2.41 bits per heavy atom. The van der Waals surface area contributed by atoms with Crippen LogP contribution >= 0.6 is 0 Å². The number of amides is 1. The number of benzene rings is 1. The van der Waals surface area contributed by atoms with Crippen molar-refractivity contribution in [2.75, 3.05) is 40.0 Å². The minimum absolute atomic E-state index is 0.210. The van der Waals surface area contributed by atoms with Crippen LogP contribution in [0.5, 0.6) is 5.75 Å². The molecule has 22 heavy (non-hydrogen) atoms. The molecule has 0 aliphatic rings. The van der Waals surface area contributed by atoms with E-state index in [2.05, 4.69) is 10.6 Å². The fourth-order valence-corrected chi connectivity index (χ4v) is 1.53. The van der Waals surface area contributed by atoms with Gasteiger partial charge in [0, 0.05) is 26.7 Å². The molecule has 0 aliphatic heterocycles. The van der Waals surface area contributed by atoms with Crippen molar-refractivity contribution in [2.24, 2.45) is 0 Å². The molecule has 5 nitrogen and oxygen atoms in total. The lowest BCUT2D eigenvalue weighted by molar-refractivity contribution is -0.137. The maximum atomic E-state index is 12.4. The number of hydrogen-bond acceptors (Lipinski definition) is 4. The summed E-state index contributed by atoms with van der Waals surface area (Å²) in [5.74, 6) is -0.130. The number of ether oxygens (including phenoxy) is 2. The molecule has 1 rings (SSSR count). The smallest absolute Gasteiger partial charge is 0.416 e. The SMILES string of the molecule is COCCNCCNC(=O)COc1ccc(C(F)(F)F)cc1. The van der Waals surface area contributed by atoms with Gasteiger partial charge in [-0.15, -0.1) is 0 Å². The van der Waals surface area contributed by atoms with Crippen LogP contribution in [0, 0.1) is 0 Å². The van der Waals surface area contributed by atoms with E-state index in [1.807, 2.05) is 0 Å². The van der Waals surface area contributed by atoms with Gasteiger partial charge in [-0.1, -0.05) is 0 Å². The molecule has 0 saturated heterocycles. The van der Waals surface area contributed by atoms with Crippen molar-refractivity contribution < 1.29 is 27.4 Å². The number of carbonyl (C=O) groups excluding carboxylic acids is 1. The highest BCUT2D eigenvalue weighted by molar-refractivity contribution is 5.77. The van der Waals surface area contributed by atoms with Gasteiger partial charge in [0.05, 0.1) is 12.2 Å². The molecule has 1 amide bonds. The summed E-state index contributed by atoms with van der Waals surface area (Å²) >= 11 is 0. The number of rotatable bonds is 9. The molecule has 2 N–H and O–H groups in total. The van der Waals surface area contributed by atoms with Crippen LogP contribution in [-0.4, -0.2) is 45.9 Å². The van der Waals surface area contributed by atoms with E-state index >= 15 is 0 Å². The Hall–Kier alpha value is -1.80. The summed E-state index contributed by atoms with van der Waals surface area (Å²) in [4.78, 5) is 11.5. The molecule has 0 heterocycles. The summed E-state index contributed by atoms with van der Waals surface area (Å²) < 4.78 is 47.1. The summed E-state index contributed by atoms with van der Waals surface area (Å²) in [7, 11) is 1.60. The highest BCUT2D eigenvalue weighted by Gasteiger charge is 2.30. The zero-order valence-corrected chi connectivity index (χ0v) is 12.2. The van der Waals surface area contributed by atoms with E-state index in [4.69, 9.17) is 9.47 Å². The molecule has 0 radical (unpaired) electrons. The van der Waals surface area contributed by atoms with E-state index in [-0.39, 0.29) is 18.3 Å². The molecule has 124 valence electrons. The molecular formula is C14H19F3N2O3. The van der Waals surface area contributed by atoms with Gasteiger partial charge in [-0.2, -0.15) is 13.2 Å². The van der Waals surface area contributed by atoms with Crippen LogP contribution in [0.2, 0.25) is 0 Å². The molecule has 0 atom stereocenters. The minimum atomic E-state index is -4.38. The number of alkyl halides is 3. The van der Waals surface area contributed by atoms with Gasteiger partial charge in [0.15, 0.2) is 6.61 Å². The Morgan fingerprint density at radius 1 is 1.14 bits per heavy atom. The predicted molar refractivity (Wildman–Crippen MR) is 74.7 cm³/mol. The normalized spacial score (nSPS) is 11.3. The second kappa shape index (κ2) is 9.26. The van der Waals surface area contributed by atoms with E-state index < -0.39 is 11.7 Å². The average molecular weight is 320 g/mol. The van der Waals surface area contributed by atoms with Gasteiger partial charge >= 0.3 is 6.18 Å². The fraction of sp³-hybridized carbons (Fsp3) is 0.500. The maximum Gasteiger partial charge on any atom is 0.416 e. The number of hydrogen-bond donors (Lipinski definition) is 2. The Labute approximate surface area is 126 Å². The molecule has 0 spiro atoms. The number of carbonyl (C=O) groups is 1. The van der Waals surface area contributed by atoms with Crippen molar-refractivity contribution in [3.05, 3.63) is 29.8 Å². The predicted octanol–water partition coefficient (Wildman–Crippen LogP) is 1.44. The van der Waals surface area contributed by atoms with Gasteiger partial charge in [-0.05, 0) is 24.3 Å². The summed E-state index contributed by atoms with van der Waals surface area (Å²) in [5, 5.41) is 5.67. The zero-order valence-electron chi connectivity index (χ0n) is 12.2. The third-order valence-corrected chi connectivity index (χ3v) is 2.66. The highest BCUT2D eigenvalue weighted by atomic mass is 19.4. The molecule has 1 aromatic carbocycles. The topological polar surface area (TPSA) is 59.6 Å². The number of methoxy groups -OCH3 is 1. The second-order valence-electron chi connectivity index (χ2n) is 4.40. The molecule has 0 bridgehead atoms. The van der Waals surface area contributed by atoms with Crippen LogP contribution in [0.4, 0.5) is 13.2 Å². The molecule has 8 heteroatoms. The van der Waals surface area contributed by atoms with Crippen LogP contribution in [0.3, 0.4) is 0 Å². The molecule has 0 saturated carbocycles. The van der Waals surface area contributed by atoms with Crippen molar-refractivity contribution in [1.82, 2.24) is 10.6 Å². The summed E-state index contributed by atoms with van der Waals surface area (Å²) in [5.41, 5.74) is -0.758. The molecular weight excluding hydrogens is 301 g/mol. The van der Waals surface area contributed by atoms with E-state index in [0.717, 1.165) is 12.1 Å². The highest BCUT2D eigenvalue weighted by Crippen LogP contribution is 2.30. The van der Waals surface area contributed by atoms with Crippen LogP contribution in [0.15, 0.2) is 24.3 Å². The van der Waals surface area contributed by atoms with E-state index in [1.165, 1.54) is 12.1 Å². The standard InChI is InChI=1S/C14H19F3N2O3/c1-21-9-8-18-6-7-19-13(20)10-22-12-4-2-11(3-5-12)14(15,16)17/h2-5,18H,6-10H2,1H3,(H,19,20). The second-order valence-corrected chi connectivity index (χ2v) is 4.40. The Bertz CT molecular complexity index is 450. The molecule has 0 aliphatic carbocycles. The van der Waals surface area contributed by atoms with Gasteiger partial charge in [-0.25, -0.2) is 0 Å². The quantitative estimate of drug-likeness (QED) is 0.676. The first-order valence-electron chi connectivity index (χ1n) is 6.70. The van der Waals surface area contributed by atoms with Gasteiger partial charge in [0.2, 0.25) is 0 Å². The lowest BCUT2D eigenvalue weighted by atomic mass is 10.2. The Balaban J connectivity index is 2.21. The number of halogens is 3. The molecule has 0 unspecified atom stereocenters. The Kier molecular flexibility index (Phi) is 7.69. The first-order valence-corrected chi connectivity index (χ1v) is 6.70. The van der Waals surface area contributed by atoms with Crippen molar-refractivity contribution in [2.45, 2.75) is 6.18 Å². The van der Waals surface area contributed by atoms with E-state index in [1.54, 1.807) is 7.11 Å². The van der Waals surface area contributed by atoms with Gasteiger partial charge in [0.1, 0.15) is 5.75 Å². The summed E-state index contributed by atoms with van der Waals surface area (Å²) in [6, 6.07) is 4.19. The van der Waals surface area contributed by atoms with Gasteiger partial charge in [-0.3, -0.25) is 4.79 Å². The molecule has 1 aromatic rings. The summed E-state index contributed by atoms with van der Waals surface area (Å²) in [6.07, 6.45) is -4.38. The lowest BCUT2D eigenvalue weighted by Crippen LogP contribution is -2.35. The fourth-order valence-electron chi connectivity index (χ4n) is 1.53. The van der Waals surface area contributed by atoms with Crippen LogP contribution < -0.4 is 15.4 Å². The lowest BCUT2D eigenvalue weighted by Gasteiger charge is -2.10. The molecule has 0 fully saturated rings. The van der Waals surface area contributed by atoms with Crippen molar-refractivity contribution in [3.8, 4) is 5.75 Å². The van der Waals surface area contributed by atoms with Crippen molar-refractivity contribution in [3.63, 3.8) is 0 Å². The van der Waals surface area contributed by atoms with Gasteiger partial charge < -0.3 is 20.1 Å². The third kappa shape index (κ3) is 7.28. The monoisotopic (exact) mass is 320 g/mol. The van der Waals surface area contributed by atoms with E-state index in [0.29, 0.717) is 26.2 Å². The average Bonchev–Trinajstić information content (AvgIpc) is 2.48. The largest absolute Gasteiger partial charge is 0.484 e. The summed E-state index contributed by atoms with van der Waals surface area (Å²) in [6.45, 7) is 2.05. The van der Waals surface area contributed by atoms with Crippen molar-refractivity contribution in [1.29, 1.82) is 0 Å². The maximum absolute atomic E-state index is 12.4. The van der Waals surface area contributed by atoms with Crippen LogP contribution in [0.25, 0.3) is 0 Å². The Morgan fingerprint density at radius 2 is 1.82 bits per heavy atom. The zero-order chi connectivity index (χ0) is 16.4. The van der Waals surface area contributed by atoms with E-state index in [9.17, 15) is 18.0 Å².